The van der Waals surface area contributed by atoms with Crippen LogP contribution in [0.15, 0.2) is 34.5 Å². The van der Waals surface area contributed by atoms with Gasteiger partial charge in [0.2, 0.25) is 0 Å². The van der Waals surface area contributed by atoms with E-state index in [2.05, 4.69) is 21.9 Å². The molecule has 1 aromatic heterocycles. The van der Waals surface area contributed by atoms with Gasteiger partial charge in [0.05, 0.1) is 5.01 Å². The van der Waals surface area contributed by atoms with Crippen LogP contribution in [0.25, 0.3) is 0 Å². The van der Waals surface area contributed by atoms with E-state index in [0.717, 1.165) is 32.8 Å². The Balaban J connectivity index is 1.89. The van der Waals surface area contributed by atoms with Crippen LogP contribution in [-0.2, 0) is 6.42 Å². The fourth-order valence-electron chi connectivity index (χ4n) is 1.63. The second-order valence-electron chi connectivity index (χ2n) is 4.22. The molecule has 0 aliphatic carbocycles. The van der Waals surface area contributed by atoms with E-state index in [4.69, 9.17) is 17.4 Å². The monoisotopic (exact) mass is 313 g/mol. The van der Waals surface area contributed by atoms with Gasteiger partial charge in [-0.2, -0.15) is 0 Å². The number of aromatic nitrogens is 1. The lowest BCUT2D eigenvalue weighted by atomic mass is 10.2. The molecule has 1 atom stereocenters. The molecule has 0 radical (unpaired) electrons. The number of nitrogens with two attached hydrogens (primary N) is 1. The molecule has 0 amide bonds. The van der Waals surface area contributed by atoms with Gasteiger partial charge in [0, 0.05) is 39.2 Å². The molecule has 3 nitrogen and oxygen atoms in total. The SMILES string of the molecule is Cc1csc(CC(CSc2cccc(Cl)c2)NN)n1. The third kappa shape index (κ3) is 4.78. The molecule has 0 aliphatic rings. The van der Waals surface area contributed by atoms with Crippen molar-refractivity contribution in [3.8, 4) is 0 Å². The Hall–Kier alpha value is -0.590. The van der Waals surface area contributed by atoms with Gasteiger partial charge in [-0.15, -0.1) is 23.1 Å². The number of nitrogens with one attached hydrogen (secondary N) is 1. The number of hydrazine groups is 1. The van der Waals surface area contributed by atoms with Crippen molar-refractivity contribution in [2.24, 2.45) is 5.84 Å². The van der Waals surface area contributed by atoms with Crippen LogP contribution >= 0.6 is 34.7 Å². The van der Waals surface area contributed by atoms with Gasteiger partial charge in [0.25, 0.3) is 0 Å². The Labute approximate surface area is 126 Å². The molecule has 102 valence electrons. The zero-order valence-electron chi connectivity index (χ0n) is 10.6. The lowest BCUT2D eigenvalue weighted by Gasteiger charge is -2.14. The molecule has 0 bridgehead atoms. The topological polar surface area (TPSA) is 50.9 Å². The molecule has 0 aliphatic heterocycles. The first-order chi connectivity index (χ1) is 9.17. The van der Waals surface area contributed by atoms with Crippen LogP contribution in [0.3, 0.4) is 0 Å². The van der Waals surface area contributed by atoms with Gasteiger partial charge in [-0.25, -0.2) is 4.98 Å². The number of aryl methyl sites for hydroxylation is 1. The fraction of sp³-hybridized carbons (Fsp3) is 0.308. The first-order valence-corrected chi connectivity index (χ1v) is 8.17. The van der Waals surface area contributed by atoms with Crippen molar-refractivity contribution in [1.29, 1.82) is 0 Å². The molecule has 0 spiro atoms. The fourth-order valence-corrected chi connectivity index (χ4v) is 3.73. The molecule has 3 N–H and O–H groups in total. The summed E-state index contributed by atoms with van der Waals surface area (Å²) >= 11 is 9.39. The average molecular weight is 314 g/mol. The van der Waals surface area contributed by atoms with Crippen LogP contribution in [0.2, 0.25) is 5.02 Å². The predicted octanol–water partition coefficient (Wildman–Crippen LogP) is 3.27. The summed E-state index contributed by atoms with van der Waals surface area (Å²) in [5.74, 6) is 6.49. The highest BCUT2D eigenvalue weighted by molar-refractivity contribution is 7.99. The number of nitrogens with zero attached hydrogens (tertiary/aromatic N) is 1. The number of benzene rings is 1. The number of halogens is 1. The Bertz CT molecular complexity index is 530. The van der Waals surface area contributed by atoms with Crippen molar-refractivity contribution in [2.45, 2.75) is 24.3 Å². The third-order valence-corrected chi connectivity index (χ3v) is 4.95. The van der Waals surface area contributed by atoms with E-state index in [1.165, 1.54) is 0 Å². The Morgan fingerprint density at radius 2 is 2.37 bits per heavy atom. The van der Waals surface area contributed by atoms with Crippen molar-refractivity contribution in [3.05, 3.63) is 45.4 Å². The van der Waals surface area contributed by atoms with E-state index in [0.29, 0.717) is 0 Å². The van der Waals surface area contributed by atoms with Crippen molar-refractivity contribution >= 4 is 34.7 Å². The minimum atomic E-state index is 0.203. The molecule has 1 unspecified atom stereocenters. The van der Waals surface area contributed by atoms with E-state index < -0.39 is 0 Å². The first kappa shape index (κ1) is 14.8. The Morgan fingerprint density at radius 3 is 3.00 bits per heavy atom. The summed E-state index contributed by atoms with van der Waals surface area (Å²) in [6, 6.07) is 8.06. The van der Waals surface area contributed by atoms with Gasteiger partial charge in [0.15, 0.2) is 0 Å². The van der Waals surface area contributed by atoms with Gasteiger partial charge in [-0.1, -0.05) is 17.7 Å². The quantitative estimate of drug-likeness (QED) is 0.488. The highest BCUT2D eigenvalue weighted by Crippen LogP contribution is 2.23. The van der Waals surface area contributed by atoms with E-state index in [1.54, 1.807) is 23.1 Å². The number of rotatable bonds is 6. The first-order valence-electron chi connectivity index (χ1n) is 5.93. The molecule has 1 aromatic carbocycles. The molecule has 6 heteroatoms. The number of hydrogen-bond acceptors (Lipinski definition) is 5. The highest BCUT2D eigenvalue weighted by Gasteiger charge is 2.11. The highest BCUT2D eigenvalue weighted by atomic mass is 35.5. The molecule has 0 saturated carbocycles. The lowest BCUT2D eigenvalue weighted by molar-refractivity contribution is 0.574. The van der Waals surface area contributed by atoms with Crippen LogP contribution < -0.4 is 11.3 Å². The van der Waals surface area contributed by atoms with Crippen molar-refractivity contribution in [3.63, 3.8) is 0 Å². The normalized spacial score (nSPS) is 12.6. The molecular weight excluding hydrogens is 298 g/mol. The van der Waals surface area contributed by atoms with Gasteiger partial charge in [0.1, 0.15) is 0 Å². The number of thioether (sulfide) groups is 1. The predicted molar refractivity (Wildman–Crippen MR) is 83.8 cm³/mol. The molecule has 0 fully saturated rings. The van der Waals surface area contributed by atoms with Gasteiger partial charge < -0.3 is 0 Å². The summed E-state index contributed by atoms with van der Waals surface area (Å²) in [7, 11) is 0. The van der Waals surface area contributed by atoms with Crippen LogP contribution in [-0.4, -0.2) is 16.8 Å². The van der Waals surface area contributed by atoms with Crippen LogP contribution in [0.1, 0.15) is 10.7 Å². The van der Waals surface area contributed by atoms with E-state index >= 15 is 0 Å². The lowest BCUT2D eigenvalue weighted by Crippen LogP contribution is -2.38. The van der Waals surface area contributed by atoms with Crippen molar-refractivity contribution in [2.75, 3.05) is 5.75 Å². The summed E-state index contributed by atoms with van der Waals surface area (Å²) in [4.78, 5) is 5.62. The summed E-state index contributed by atoms with van der Waals surface area (Å²) in [5, 5.41) is 3.94. The molecule has 1 heterocycles. The van der Waals surface area contributed by atoms with Gasteiger partial charge >= 0.3 is 0 Å². The van der Waals surface area contributed by atoms with Crippen LogP contribution in [0, 0.1) is 6.92 Å². The summed E-state index contributed by atoms with van der Waals surface area (Å²) in [6.07, 6.45) is 0.850. The smallest absolute Gasteiger partial charge is 0.0944 e. The largest absolute Gasteiger partial charge is 0.271 e. The minimum Gasteiger partial charge on any atom is -0.271 e. The van der Waals surface area contributed by atoms with E-state index in [-0.39, 0.29) is 6.04 Å². The molecule has 0 saturated heterocycles. The molecular formula is C13H16ClN3S2. The molecule has 19 heavy (non-hydrogen) atoms. The maximum atomic E-state index is 5.96. The zero-order chi connectivity index (χ0) is 13.7. The van der Waals surface area contributed by atoms with Crippen molar-refractivity contribution < 1.29 is 0 Å². The maximum Gasteiger partial charge on any atom is 0.0944 e. The molecule has 2 rings (SSSR count). The second-order valence-corrected chi connectivity index (χ2v) is 6.69. The number of thiazole rings is 1. The van der Waals surface area contributed by atoms with Crippen LogP contribution in [0.4, 0.5) is 0 Å². The van der Waals surface area contributed by atoms with Gasteiger partial charge in [-0.05, 0) is 25.1 Å². The summed E-state index contributed by atoms with van der Waals surface area (Å²) in [6.45, 7) is 2.01. The van der Waals surface area contributed by atoms with E-state index in [1.807, 2.05) is 25.1 Å². The second kappa shape index (κ2) is 7.26. The zero-order valence-corrected chi connectivity index (χ0v) is 13.0. The Morgan fingerprint density at radius 1 is 1.53 bits per heavy atom. The maximum absolute atomic E-state index is 5.96. The average Bonchev–Trinajstić information content (AvgIpc) is 2.80. The number of hydrogen-bond donors (Lipinski definition) is 2. The van der Waals surface area contributed by atoms with Gasteiger partial charge in [-0.3, -0.25) is 11.3 Å². The third-order valence-electron chi connectivity index (χ3n) is 2.57. The summed E-state index contributed by atoms with van der Waals surface area (Å²) < 4.78 is 0. The summed E-state index contributed by atoms with van der Waals surface area (Å²) in [5.41, 5.74) is 3.93. The van der Waals surface area contributed by atoms with Crippen molar-refractivity contribution in [1.82, 2.24) is 10.4 Å². The Kier molecular flexibility index (Phi) is 5.66. The van der Waals surface area contributed by atoms with E-state index in [9.17, 15) is 0 Å². The molecule has 2 aromatic rings. The van der Waals surface area contributed by atoms with Crippen LogP contribution in [0.5, 0.6) is 0 Å². The standard InChI is InChI=1S/C13H16ClN3S2/c1-9-7-19-13(16-9)6-11(17-15)8-18-12-4-2-3-10(14)5-12/h2-5,7,11,17H,6,8,15H2,1H3. The minimum absolute atomic E-state index is 0.203.